The molecule has 1 fully saturated rings. The van der Waals surface area contributed by atoms with Gasteiger partial charge in [-0.1, -0.05) is 18.2 Å². The van der Waals surface area contributed by atoms with Gasteiger partial charge in [-0.2, -0.15) is 0 Å². The van der Waals surface area contributed by atoms with E-state index in [0.717, 1.165) is 18.4 Å². The summed E-state index contributed by atoms with van der Waals surface area (Å²) in [6.45, 7) is 1.68. The van der Waals surface area contributed by atoms with E-state index in [1.807, 2.05) is 31.2 Å². The summed E-state index contributed by atoms with van der Waals surface area (Å²) in [6, 6.07) is 7.76. The van der Waals surface area contributed by atoms with Crippen LogP contribution in [0.2, 0.25) is 0 Å². The zero-order chi connectivity index (χ0) is 18.2. The maximum absolute atomic E-state index is 11.9. The Morgan fingerprint density at radius 2 is 1.96 bits per heavy atom. The van der Waals surface area contributed by atoms with Gasteiger partial charge in [0.05, 0.1) is 19.6 Å². The fourth-order valence-corrected chi connectivity index (χ4v) is 2.09. The Morgan fingerprint density at radius 3 is 2.64 bits per heavy atom. The number of nitrogens with one attached hydrogen (secondary N) is 1. The summed E-state index contributed by atoms with van der Waals surface area (Å²) in [5, 5.41) is 2.80. The van der Waals surface area contributed by atoms with E-state index >= 15 is 0 Å². The fraction of sp³-hybridized carbons (Fsp3) is 0.500. The summed E-state index contributed by atoms with van der Waals surface area (Å²) in [6.07, 6.45) is 2.03. The first-order chi connectivity index (χ1) is 12.0. The Balaban J connectivity index is 1.60. The van der Waals surface area contributed by atoms with Gasteiger partial charge in [0.2, 0.25) is 5.91 Å². The number of carbonyl (C=O) groups is 3. The van der Waals surface area contributed by atoms with Crippen LogP contribution in [0.4, 0.5) is 0 Å². The Bertz CT molecular complexity index is 628. The third-order valence-electron chi connectivity index (χ3n) is 3.76. The normalized spacial score (nSPS) is 13.0. The average Bonchev–Trinajstić information content (AvgIpc) is 3.38. The van der Waals surface area contributed by atoms with Crippen molar-refractivity contribution < 1.29 is 23.9 Å². The van der Waals surface area contributed by atoms with Gasteiger partial charge >= 0.3 is 5.97 Å². The van der Waals surface area contributed by atoms with Gasteiger partial charge < -0.3 is 19.7 Å². The third kappa shape index (κ3) is 6.82. The van der Waals surface area contributed by atoms with E-state index in [9.17, 15) is 14.4 Å². The maximum Gasteiger partial charge on any atom is 0.309 e. The molecule has 25 heavy (non-hydrogen) atoms. The summed E-state index contributed by atoms with van der Waals surface area (Å²) >= 11 is 0. The predicted molar refractivity (Wildman–Crippen MR) is 91.1 cm³/mol. The molecule has 136 valence electrons. The molecule has 1 aliphatic carbocycles. The zero-order valence-corrected chi connectivity index (χ0v) is 14.6. The summed E-state index contributed by atoms with van der Waals surface area (Å²) in [5.41, 5.74) is 0.983. The Kier molecular flexibility index (Phi) is 6.80. The standard InChI is InChI=1S/C18H24N2O5/c1-13-5-3-4-6-15(13)24-10-9-18(23)25-12-17(22)20(2)11-16(21)19-14-7-8-14/h3-6,14H,7-12H2,1-2H3,(H,19,21). The molecular weight excluding hydrogens is 324 g/mol. The molecule has 2 rings (SSSR count). The van der Waals surface area contributed by atoms with E-state index in [1.54, 1.807) is 0 Å². The van der Waals surface area contributed by atoms with Crippen molar-refractivity contribution in [1.29, 1.82) is 0 Å². The molecule has 1 N–H and O–H groups in total. The number of rotatable bonds is 9. The van der Waals surface area contributed by atoms with Crippen molar-refractivity contribution >= 4 is 17.8 Å². The summed E-state index contributed by atoms with van der Waals surface area (Å²) in [7, 11) is 1.50. The maximum atomic E-state index is 11.9. The van der Waals surface area contributed by atoms with Crippen LogP contribution in [0.1, 0.15) is 24.8 Å². The van der Waals surface area contributed by atoms with E-state index in [2.05, 4.69) is 5.32 Å². The third-order valence-corrected chi connectivity index (χ3v) is 3.76. The highest BCUT2D eigenvalue weighted by molar-refractivity contribution is 5.86. The van der Waals surface area contributed by atoms with Crippen molar-refractivity contribution in [1.82, 2.24) is 10.2 Å². The van der Waals surface area contributed by atoms with Crippen LogP contribution in [0.3, 0.4) is 0 Å². The van der Waals surface area contributed by atoms with Crippen LogP contribution in [0, 0.1) is 6.92 Å². The van der Waals surface area contributed by atoms with Crippen LogP contribution in [0.25, 0.3) is 0 Å². The molecule has 2 amide bonds. The summed E-state index contributed by atoms with van der Waals surface area (Å²) in [5.74, 6) is -0.416. The number of esters is 1. The van der Waals surface area contributed by atoms with E-state index in [0.29, 0.717) is 5.75 Å². The van der Waals surface area contributed by atoms with Gasteiger partial charge in [-0.15, -0.1) is 0 Å². The molecular formula is C18H24N2O5. The van der Waals surface area contributed by atoms with E-state index < -0.39 is 11.9 Å². The highest BCUT2D eigenvalue weighted by Gasteiger charge is 2.24. The topological polar surface area (TPSA) is 84.9 Å². The predicted octanol–water partition coefficient (Wildman–Crippen LogP) is 1.04. The number of hydrogen-bond acceptors (Lipinski definition) is 5. The minimum Gasteiger partial charge on any atom is -0.493 e. The number of para-hydroxylation sites is 1. The number of benzene rings is 1. The minimum absolute atomic E-state index is 0.0384. The van der Waals surface area contributed by atoms with Crippen molar-refractivity contribution in [2.45, 2.75) is 32.2 Å². The van der Waals surface area contributed by atoms with Gasteiger partial charge in [0.15, 0.2) is 6.61 Å². The SMILES string of the molecule is Cc1ccccc1OCCC(=O)OCC(=O)N(C)CC(=O)NC1CC1. The lowest BCUT2D eigenvalue weighted by molar-refractivity contribution is -0.152. The molecule has 0 radical (unpaired) electrons. The van der Waals surface area contributed by atoms with Gasteiger partial charge in [0.1, 0.15) is 5.75 Å². The molecule has 0 atom stereocenters. The lowest BCUT2D eigenvalue weighted by Crippen LogP contribution is -2.40. The van der Waals surface area contributed by atoms with Gasteiger partial charge in [-0.25, -0.2) is 0 Å². The molecule has 0 aromatic heterocycles. The summed E-state index contributed by atoms with van der Waals surface area (Å²) < 4.78 is 10.4. The van der Waals surface area contributed by atoms with Crippen LogP contribution in [-0.4, -0.2) is 55.5 Å². The second kappa shape index (κ2) is 9.05. The Labute approximate surface area is 147 Å². The van der Waals surface area contributed by atoms with Crippen molar-refractivity contribution in [3.05, 3.63) is 29.8 Å². The Hall–Kier alpha value is -2.57. The van der Waals surface area contributed by atoms with Gasteiger partial charge in [0, 0.05) is 13.1 Å². The first-order valence-corrected chi connectivity index (χ1v) is 8.33. The molecule has 0 heterocycles. The summed E-state index contributed by atoms with van der Waals surface area (Å²) in [4.78, 5) is 36.4. The van der Waals surface area contributed by atoms with Crippen LogP contribution >= 0.6 is 0 Å². The molecule has 0 bridgehead atoms. The largest absolute Gasteiger partial charge is 0.493 e. The average molecular weight is 348 g/mol. The number of carbonyl (C=O) groups excluding carboxylic acids is 3. The van der Waals surface area contributed by atoms with Gasteiger partial charge in [0.25, 0.3) is 5.91 Å². The lowest BCUT2D eigenvalue weighted by Gasteiger charge is -2.16. The molecule has 0 unspecified atom stereocenters. The van der Waals surface area contributed by atoms with Crippen molar-refractivity contribution in [2.75, 3.05) is 26.8 Å². The molecule has 1 saturated carbocycles. The zero-order valence-electron chi connectivity index (χ0n) is 14.6. The highest BCUT2D eigenvalue weighted by atomic mass is 16.5. The number of nitrogens with zero attached hydrogens (tertiary/aromatic N) is 1. The molecule has 0 spiro atoms. The minimum atomic E-state index is -0.516. The van der Waals surface area contributed by atoms with E-state index in [-0.39, 0.29) is 38.1 Å². The van der Waals surface area contributed by atoms with Crippen LogP contribution < -0.4 is 10.1 Å². The number of hydrogen-bond donors (Lipinski definition) is 1. The van der Waals surface area contributed by atoms with Crippen molar-refractivity contribution in [3.63, 3.8) is 0 Å². The second-order valence-corrected chi connectivity index (χ2v) is 6.12. The molecule has 7 nitrogen and oxygen atoms in total. The second-order valence-electron chi connectivity index (χ2n) is 6.12. The van der Waals surface area contributed by atoms with E-state index in [1.165, 1.54) is 11.9 Å². The fourth-order valence-electron chi connectivity index (χ4n) is 2.09. The number of aryl methyl sites for hydroxylation is 1. The molecule has 0 aliphatic heterocycles. The number of amides is 2. The molecule has 7 heteroatoms. The van der Waals surface area contributed by atoms with E-state index in [4.69, 9.17) is 9.47 Å². The van der Waals surface area contributed by atoms with Crippen molar-refractivity contribution in [3.8, 4) is 5.75 Å². The molecule has 0 saturated heterocycles. The first-order valence-electron chi connectivity index (χ1n) is 8.33. The molecule has 1 aliphatic rings. The Morgan fingerprint density at radius 1 is 1.24 bits per heavy atom. The molecule has 1 aromatic carbocycles. The number of likely N-dealkylation sites (N-methyl/N-ethyl adjacent to an activating group) is 1. The van der Waals surface area contributed by atoms with Crippen molar-refractivity contribution in [2.24, 2.45) is 0 Å². The van der Waals surface area contributed by atoms with Crippen LogP contribution in [0.15, 0.2) is 24.3 Å². The van der Waals surface area contributed by atoms with Gasteiger partial charge in [-0.05, 0) is 31.4 Å². The molecule has 1 aromatic rings. The van der Waals surface area contributed by atoms with Gasteiger partial charge in [-0.3, -0.25) is 14.4 Å². The smallest absolute Gasteiger partial charge is 0.309 e. The van der Waals surface area contributed by atoms with Crippen LogP contribution in [0.5, 0.6) is 5.75 Å². The highest BCUT2D eigenvalue weighted by Crippen LogP contribution is 2.18. The lowest BCUT2D eigenvalue weighted by atomic mass is 10.2. The number of ether oxygens (including phenoxy) is 2. The first kappa shape index (κ1) is 18.8. The van der Waals surface area contributed by atoms with Crippen LogP contribution in [-0.2, 0) is 19.1 Å². The monoisotopic (exact) mass is 348 g/mol. The quantitative estimate of drug-likeness (QED) is 0.674.